The molecule has 0 radical (unpaired) electrons. The lowest BCUT2D eigenvalue weighted by atomic mass is 9.99. The van der Waals surface area contributed by atoms with E-state index in [0.717, 1.165) is 0 Å². The molecule has 160 valence electrons. The van der Waals surface area contributed by atoms with E-state index in [1.807, 2.05) is 0 Å². The summed E-state index contributed by atoms with van der Waals surface area (Å²) in [6.45, 7) is 0.740. The van der Waals surface area contributed by atoms with E-state index in [4.69, 9.17) is 21.1 Å². The Bertz CT molecular complexity index is 740. The van der Waals surface area contributed by atoms with Crippen LogP contribution in [0.25, 0.3) is 0 Å². The number of benzene rings is 1. The van der Waals surface area contributed by atoms with Gasteiger partial charge in [0.2, 0.25) is 0 Å². The molecule has 2 unspecified atom stereocenters. The van der Waals surface area contributed by atoms with E-state index in [1.54, 1.807) is 36.2 Å². The Morgan fingerprint density at radius 1 is 1.21 bits per heavy atom. The lowest BCUT2D eigenvalue weighted by molar-refractivity contribution is -0.118. The van der Waals surface area contributed by atoms with Gasteiger partial charge in [0.1, 0.15) is 6.10 Å². The van der Waals surface area contributed by atoms with Crippen LogP contribution in [0.5, 0.6) is 0 Å². The summed E-state index contributed by atoms with van der Waals surface area (Å²) in [7, 11) is -9.48. The molecule has 0 aliphatic carbocycles. The number of nitrogens with zero attached hydrogens (tertiary/aromatic N) is 1. The Labute approximate surface area is 167 Å². The fourth-order valence-corrected chi connectivity index (χ4v) is 5.44. The maximum absolute atomic E-state index is 11.6. The van der Waals surface area contributed by atoms with Crippen LogP contribution in [0.1, 0.15) is 18.0 Å². The minimum absolute atomic E-state index is 0.238. The molecule has 2 rings (SSSR count). The van der Waals surface area contributed by atoms with Gasteiger partial charge in [-0.3, -0.25) is 14.0 Å². The summed E-state index contributed by atoms with van der Waals surface area (Å²) in [6, 6.07) is 6.38. The maximum Gasteiger partial charge on any atom is 0.369 e. The second-order valence-corrected chi connectivity index (χ2v) is 11.0. The Kier molecular flexibility index (Phi) is 7.86. The van der Waals surface area contributed by atoms with E-state index in [0.29, 0.717) is 23.8 Å². The first-order chi connectivity index (χ1) is 12.9. The van der Waals surface area contributed by atoms with Crippen LogP contribution in [0, 0.1) is 0 Å². The lowest BCUT2D eigenvalue weighted by Gasteiger charge is -2.38. The zero-order valence-corrected chi connectivity index (χ0v) is 17.6. The molecular formula is C15H24ClNO9P2. The Balaban J connectivity index is 2.30. The van der Waals surface area contributed by atoms with Gasteiger partial charge in [-0.1, -0.05) is 29.8 Å². The van der Waals surface area contributed by atoms with E-state index in [-0.39, 0.29) is 13.2 Å². The van der Waals surface area contributed by atoms with Crippen molar-refractivity contribution in [2.24, 2.45) is 0 Å². The standard InChI is InChI=1S/C15H24ClNO9P2/c1-17(7-6-15(18,27(19,20)21)28(22,23)24)14(13-10-25-8-9-26-13)11-4-2-3-5-12(11)16/h2-5,13-14,18H,6-10H2,1H3,(H2,19,20,21)(H2,22,23,24). The third-order valence-electron chi connectivity index (χ3n) is 4.63. The van der Waals surface area contributed by atoms with Gasteiger partial charge in [0, 0.05) is 18.0 Å². The van der Waals surface area contributed by atoms with E-state index >= 15 is 0 Å². The third-order valence-corrected chi connectivity index (χ3v) is 8.85. The summed E-state index contributed by atoms with van der Waals surface area (Å²) in [5.74, 6) is 0. The van der Waals surface area contributed by atoms with Crippen LogP contribution < -0.4 is 0 Å². The van der Waals surface area contributed by atoms with Gasteiger partial charge in [-0.25, -0.2) is 0 Å². The van der Waals surface area contributed by atoms with Crippen molar-refractivity contribution in [1.29, 1.82) is 0 Å². The number of halogens is 1. The number of aliphatic hydroxyl groups is 1. The van der Waals surface area contributed by atoms with Crippen molar-refractivity contribution in [2.75, 3.05) is 33.4 Å². The molecule has 5 N–H and O–H groups in total. The fourth-order valence-electron chi connectivity index (χ4n) is 3.05. The van der Waals surface area contributed by atoms with Crippen molar-refractivity contribution in [2.45, 2.75) is 23.6 Å². The first-order valence-electron chi connectivity index (χ1n) is 8.36. The lowest BCUT2D eigenvalue weighted by Crippen LogP contribution is -2.43. The van der Waals surface area contributed by atoms with Crippen molar-refractivity contribution in [3.8, 4) is 0 Å². The molecule has 0 spiro atoms. The van der Waals surface area contributed by atoms with Gasteiger partial charge in [0.25, 0.3) is 5.08 Å². The highest BCUT2D eigenvalue weighted by Crippen LogP contribution is 2.69. The smallest absolute Gasteiger partial charge is 0.369 e. The van der Waals surface area contributed by atoms with Gasteiger partial charge < -0.3 is 34.2 Å². The summed E-state index contributed by atoms with van der Waals surface area (Å²) >= 11 is 6.30. The van der Waals surface area contributed by atoms with Crippen LogP contribution in [-0.2, 0) is 18.6 Å². The predicted molar refractivity (Wildman–Crippen MR) is 101 cm³/mol. The van der Waals surface area contributed by atoms with Crippen molar-refractivity contribution in [1.82, 2.24) is 4.90 Å². The van der Waals surface area contributed by atoms with Gasteiger partial charge in [-0.05, 0) is 18.7 Å². The molecule has 0 saturated carbocycles. The van der Waals surface area contributed by atoms with E-state index in [1.165, 1.54) is 0 Å². The molecule has 28 heavy (non-hydrogen) atoms. The Morgan fingerprint density at radius 3 is 2.32 bits per heavy atom. The van der Waals surface area contributed by atoms with Gasteiger partial charge >= 0.3 is 15.2 Å². The predicted octanol–water partition coefficient (Wildman–Crippen LogP) is 1.12. The second kappa shape index (κ2) is 9.20. The molecule has 2 atom stereocenters. The monoisotopic (exact) mass is 459 g/mol. The van der Waals surface area contributed by atoms with Crippen LogP contribution in [0.4, 0.5) is 0 Å². The maximum atomic E-state index is 11.6. The first kappa shape index (κ1) is 23.9. The first-order valence-corrected chi connectivity index (χ1v) is 12.0. The van der Waals surface area contributed by atoms with Crippen molar-refractivity contribution >= 4 is 26.8 Å². The molecule has 1 heterocycles. The molecule has 13 heteroatoms. The van der Waals surface area contributed by atoms with Crippen LogP contribution in [0.3, 0.4) is 0 Å². The van der Waals surface area contributed by atoms with E-state index in [9.17, 15) is 33.8 Å². The molecular weight excluding hydrogens is 436 g/mol. The van der Waals surface area contributed by atoms with Crippen molar-refractivity contribution in [3.63, 3.8) is 0 Å². The van der Waals surface area contributed by atoms with Gasteiger partial charge in [-0.2, -0.15) is 0 Å². The summed E-state index contributed by atoms with van der Waals surface area (Å²) in [4.78, 5) is 38.8. The molecule has 1 fully saturated rings. The highest BCUT2D eigenvalue weighted by Gasteiger charge is 2.59. The van der Waals surface area contributed by atoms with Crippen LogP contribution in [-0.4, -0.2) is 74.2 Å². The van der Waals surface area contributed by atoms with E-state index in [2.05, 4.69) is 0 Å². The van der Waals surface area contributed by atoms with E-state index < -0.39 is 38.8 Å². The zero-order chi connectivity index (χ0) is 21.2. The summed E-state index contributed by atoms with van der Waals surface area (Å²) < 4.78 is 34.3. The molecule has 10 nitrogen and oxygen atoms in total. The number of likely N-dealkylation sites (N-methyl/N-ethyl adjacent to an activating group) is 1. The molecule has 1 aromatic rings. The average Bonchev–Trinajstić information content (AvgIpc) is 2.60. The van der Waals surface area contributed by atoms with Gasteiger partial charge in [-0.15, -0.1) is 0 Å². The minimum Gasteiger partial charge on any atom is -0.376 e. The fraction of sp³-hybridized carbons (Fsp3) is 0.600. The highest BCUT2D eigenvalue weighted by molar-refractivity contribution is 7.72. The second-order valence-electron chi connectivity index (χ2n) is 6.54. The summed E-state index contributed by atoms with van der Waals surface area (Å²) in [5.41, 5.74) is 0.651. The molecule has 0 amide bonds. The topological polar surface area (TPSA) is 157 Å². The minimum atomic E-state index is -5.53. The number of rotatable bonds is 8. The molecule has 1 aliphatic heterocycles. The normalized spacial score (nSPS) is 20.4. The highest BCUT2D eigenvalue weighted by atomic mass is 35.5. The Hall–Kier alpha value is -0.350. The largest absolute Gasteiger partial charge is 0.376 e. The van der Waals surface area contributed by atoms with Gasteiger partial charge in [0.15, 0.2) is 0 Å². The zero-order valence-electron chi connectivity index (χ0n) is 15.1. The number of ether oxygens (including phenoxy) is 2. The molecule has 1 aromatic carbocycles. The van der Waals surface area contributed by atoms with Crippen LogP contribution in [0.15, 0.2) is 24.3 Å². The average molecular weight is 460 g/mol. The van der Waals surface area contributed by atoms with Crippen molar-refractivity contribution < 1.29 is 43.3 Å². The van der Waals surface area contributed by atoms with Crippen molar-refractivity contribution in [3.05, 3.63) is 34.9 Å². The SMILES string of the molecule is CN(CCC(O)(P(=O)(O)O)P(=O)(O)O)C(c1ccccc1Cl)C1COCCO1. The number of hydrogen-bond donors (Lipinski definition) is 5. The quantitative estimate of drug-likeness (QED) is 0.357. The Morgan fingerprint density at radius 2 is 1.82 bits per heavy atom. The third kappa shape index (κ3) is 5.22. The summed E-state index contributed by atoms with van der Waals surface area (Å²) in [5, 5.41) is 7.06. The number of hydrogen-bond acceptors (Lipinski definition) is 6. The van der Waals surface area contributed by atoms with Crippen LogP contribution >= 0.6 is 26.8 Å². The molecule has 0 bridgehead atoms. The van der Waals surface area contributed by atoms with Gasteiger partial charge in [0.05, 0.1) is 25.9 Å². The molecule has 1 aliphatic rings. The molecule has 1 saturated heterocycles. The molecule has 0 aromatic heterocycles. The van der Waals surface area contributed by atoms with Crippen LogP contribution in [0.2, 0.25) is 5.02 Å². The summed E-state index contributed by atoms with van der Waals surface area (Å²) in [6.07, 6.45) is -1.34.